The first-order valence-electron chi connectivity index (χ1n) is 5.91. The molecule has 0 bridgehead atoms. The molecule has 0 spiro atoms. The molecule has 1 rings (SSSR count). The number of hydrogen-bond donors (Lipinski definition) is 2. The molecule has 0 saturated carbocycles. The third-order valence-corrected chi connectivity index (χ3v) is 3.81. The number of aliphatic hydroxyl groups is 1. The first-order chi connectivity index (χ1) is 8.55. The summed E-state index contributed by atoms with van der Waals surface area (Å²) in [6.45, 7) is 4.32. The molecular formula is C12H19NO4S. The van der Waals surface area contributed by atoms with Crippen LogP contribution in [0.4, 0.5) is 0 Å². The normalized spacial score (nSPS) is 11.5. The minimum absolute atomic E-state index is 0.142. The van der Waals surface area contributed by atoms with Crippen LogP contribution in [0.5, 0.6) is 5.75 Å². The minimum Gasteiger partial charge on any atom is -0.494 e. The van der Waals surface area contributed by atoms with Crippen LogP contribution in [-0.2, 0) is 16.6 Å². The molecule has 2 N–H and O–H groups in total. The lowest BCUT2D eigenvalue weighted by Crippen LogP contribution is -2.24. The fourth-order valence-corrected chi connectivity index (χ4v) is 2.65. The number of benzene rings is 1. The van der Waals surface area contributed by atoms with Gasteiger partial charge in [-0.05, 0) is 31.5 Å². The second-order valence-corrected chi connectivity index (χ2v) is 5.53. The zero-order valence-electron chi connectivity index (χ0n) is 10.6. The number of nitrogens with one attached hydrogen (secondary N) is 1. The molecule has 5 nitrogen and oxygen atoms in total. The lowest BCUT2D eigenvalue weighted by atomic mass is 10.2. The average molecular weight is 273 g/mol. The van der Waals surface area contributed by atoms with E-state index in [0.29, 0.717) is 24.5 Å². The highest BCUT2D eigenvalue weighted by molar-refractivity contribution is 7.89. The molecule has 0 unspecified atom stereocenters. The first kappa shape index (κ1) is 14.9. The fraction of sp³-hybridized carbons (Fsp3) is 0.500. The molecule has 0 aliphatic carbocycles. The molecule has 0 saturated heterocycles. The van der Waals surface area contributed by atoms with Crippen molar-refractivity contribution in [2.75, 3.05) is 13.2 Å². The highest BCUT2D eigenvalue weighted by Crippen LogP contribution is 2.22. The fourth-order valence-electron chi connectivity index (χ4n) is 1.46. The van der Waals surface area contributed by atoms with E-state index >= 15 is 0 Å². The molecule has 0 amide bonds. The van der Waals surface area contributed by atoms with E-state index in [0.717, 1.165) is 6.42 Å². The quantitative estimate of drug-likeness (QED) is 0.784. The summed E-state index contributed by atoms with van der Waals surface area (Å²) in [6.07, 6.45) is 0.725. The number of ether oxygens (including phenoxy) is 1. The maximum Gasteiger partial charge on any atom is 0.240 e. The monoisotopic (exact) mass is 273 g/mol. The highest BCUT2D eigenvalue weighted by atomic mass is 32.2. The van der Waals surface area contributed by atoms with E-state index in [-0.39, 0.29) is 11.5 Å². The van der Waals surface area contributed by atoms with E-state index in [1.165, 1.54) is 12.1 Å². The smallest absolute Gasteiger partial charge is 0.240 e. The Labute approximate surface area is 108 Å². The molecule has 1 aromatic rings. The third-order valence-electron chi connectivity index (χ3n) is 2.35. The van der Waals surface area contributed by atoms with Crippen LogP contribution in [0, 0.1) is 0 Å². The van der Waals surface area contributed by atoms with Gasteiger partial charge in [-0.2, -0.15) is 0 Å². The molecule has 1 aromatic carbocycles. The van der Waals surface area contributed by atoms with Gasteiger partial charge in [-0.3, -0.25) is 0 Å². The summed E-state index contributed by atoms with van der Waals surface area (Å²) in [6, 6.07) is 4.47. The Morgan fingerprint density at radius 3 is 2.61 bits per heavy atom. The van der Waals surface area contributed by atoms with Crippen LogP contribution in [0.3, 0.4) is 0 Å². The molecule has 0 aromatic heterocycles. The SMILES string of the molecule is CCCNS(=O)(=O)c1ccc(OCC)c(CO)c1. The summed E-state index contributed by atoms with van der Waals surface area (Å²) < 4.78 is 31.6. The van der Waals surface area contributed by atoms with Crippen molar-refractivity contribution in [3.63, 3.8) is 0 Å². The molecule has 0 fully saturated rings. The molecule has 0 radical (unpaired) electrons. The van der Waals surface area contributed by atoms with Gasteiger partial charge in [0.05, 0.1) is 18.1 Å². The van der Waals surface area contributed by atoms with Crippen molar-refractivity contribution in [2.45, 2.75) is 31.8 Å². The van der Waals surface area contributed by atoms with Crippen LogP contribution in [-0.4, -0.2) is 26.7 Å². The van der Waals surface area contributed by atoms with Gasteiger partial charge in [0.15, 0.2) is 0 Å². The Kier molecular flexibility index (Phi) is 5.58. The van der Waals surface area contributed by atoms with E-state index in [4.69, 9.17) is 4.74 Å². The highest BCUT2D eigenvalue weighted by Gasteiger charge is 2.15. The van der Waals surface area contributed by atoms with Crippen molar-refractivity contribution in [3.05, 3.63) is 23.8 Å². The van der Waals surface area contributed by atoms with E-state index < -0.39 is 10.0 Å². The van der Waals surface area contributed by atoms with Gasteiger partial charge in [0.25, 0.3) is 0 Å². The zero-order valence-corrected chi connectivity index (χ0v) is 11.5. The number of rotatable bonds is 7. The van der Waals surface area contributed by atoms with Crippen molar-refractivity contribution in [2.24, 2.45) is 0 Å². The second-order valence-electron chi connectivity index (χ2n) is 3.76. The van der Waals surface area contributed by atoms with Crippen LogP contribution in [0.2, 0.25) is 0 Å². The lowest BCUT2D eigenvalue weighted by Gasteiger charge is -2.11. The summed E-state index contributed by atoms with van der Waals surface area (Å²) in [7, 11) is -3.50. The van der Waals surface area contributed by atoms with Crippen LogP contribution in [0.15, 0.2) is 23.1 Å². The lowest BCUT2D eigenvalue weighted by molar-refractivity contribution is 0.266. The van der Waals surface area contributed by atoms with Crippen LogP contribution >= 0.6 is 0 Å². The Morgan fingerprint density at radius 2 is 2.06 bits per heavy atom. The Hall–Kier alpha value is -1.11. The Morgan fingerprint density at radius 1 is 1.33 bits per heavy atom. The molecule has 18 heavy (non-hydrogen) atoms. The molecule has 0 heterocycles. The van der Waals surface area contributed by atoms with Crippen LogP contribution in [0.1, 0.15) is 25.8 Å². The average Bonchev–Trinajstić information content (AvgIpc) is 2.37. The maximum atomic E-state index is 11.9. The number of sulfonamides is 1. The molecule has 0 aliphatic rings. The van der Waals surface area contributed by atoms with E-state index in [1.807, 2.05) is 13.8 Å². The van der Waals surface area contributed by atoms with Gasteiger partial charge >= 0.3 is 0 Å². The van der Waals surface area contributed by atoms with E-state index in [9.17, 15) is 13.5 Å². The van der Waals surface area contributed by atoms with Crippen LogP contribution < -0.4 is 9.46 Å². The van der Waals surface area contributed by atoms with Gasteiger partial charge in [0.2, 0.25) is 10.0 Å². The second kappa shape index (κ2) is 6.72. The summed E-state index contributed by atoms with van der Waals surface area (Å²) in [5.41, 5.74) is 0.469. The minimum atomic E-state index is -3.50. The topological polar surface area (TPSA) is 75.6 Å². The summed E-state index contributed by atoms with van der Waals surface area (Å²) in [4.78, 5) is 0.142. The van der Waals surface area contributed by atoms with Crippen molar-refractivity contribution in [1.29, 1.82) is 0 Å². The number of aliphatic hydroxyl groups excluding tert-OH is 1. The number of hydrogen-bond acceptors (Lipinski definition) is 4. The first-order valence-corrected chi connectivity index (χ1v) is 7.39. The van der Waals surface area contributed by atoms with Crippen LogP contribution in [0.25, 0.3) is 0 Å². The largest absolute Gasteiger partial charge is 0.494 e. The Balaban J connectivity index is 3.04. The van der Waals surface area contributed by atoms with Gasteiger partial charge in [-0.15, -0.1) is 0 Å². The summed E-state index contributed by atoms with van der Waals surface area (Å²) in [5.74, 6) is 0.509. The van der Waals surface area contributed by atoms with Gasteiger partial charge in [0.1, 0.15) is 5.75 Å². The predicted molar refractivity (Wildman–Crippen MR) is 69.0 cm³/mol. The van der Waals surface area contributed by atoms with E-state index in [1.54, 1.807) is 6.07 Å². The van der Waals surface area contributed by atoms with Gasteiger partial charge in [0, 0.05) is 12.1 Å². The zero-order chi connectivity index (χ0) is 13.6. The third kappa shape index (κ3) is 3.69. The summed E-state index contributed by atoms with van der Waals surface area (Å²) in [5, 5.41) is 9.22. The molecular weight excluding hydrogens is 254 g/mol. The standard InChI is InChI=1S/C12H19NO4S/c1-3-7-13-18(15,16)11-5-6-12(17-4-2)10(8-11)9-14/h5-6,8,13-14H,3-4,7,9H2,1-2H3. The molecule has 102 valence electrons. The van der Waals surface area contributed by atoms with Crippen molar-refractivity contribution >= 4 is 10.0 Å². The van der Waals surface area contributed by atoms with Crippen molar-refractivity contribution < 1.29 is 18.3 Å². The Bertz CT molecular complexity index is 485. The van der Waals surface area contributed by atoms with Crippen molar-refractivity contribution in [3.8, 4) is 5.75 Å². The van der Waals surface area contributed by atoms with Gasteiger partial charge in [-0.25, -0.2) is 13.1 Å². The predicted octanol–water partition coefficient (Wildman–Crippen LogP) is 1.27. The van der Waals surface area contributed by atoms with Gasteiger partial charge < -0.3 is 9.84 Å². The summed E-state index contributed by atoms with van der Waals surface area (Å²) >= 11 is 0. The molecule has 6 heteroatoms. The molecule has 0 aliphatic heterocycles. The van der Waals surface area contributed by atoms with Crippen molar-refractivity contribution in [1.82, 2.24) is 4.72 Å². The molecule has 0 atom stereocenters. The van der Waals surface area contributed by atoms with Gasteiger partial charge in [-0.1, -0.05) is 6.92 Å². The van der Waals surface area contributed by atoms with E-state index in [2.05, 4.69) is 4.72 Å². The maximum absolute atomic E-state index is 11.9.